The van der Waals surface area contributed by atoms with Crippen molar-refractivity contribution in [1.29, 1.82) is 0 Å². The SMILES string of the molecule is O=S(=O)(O)CCCCOc1ccc(Oc2ccc(OCCCCS(=O)(=O)O)cc2)cc1. The number of hydrogen-bond donors (Lipinski definition) is 2. The third-order valence-corrected chi connectivity index (χ3v) is 5.62. The second-order valence-electron chi connectivity index (χ2n) is 6.73. The predicted molar refractivity (Wildman–Crippen MR) is 115 cm³/mol. The van der Waals surface area contributed by atoms with Gasteiger partial charge in [-0.2, -0.15) is 16.8 Å². The molecule has 0 spiro atoms. The molecule has 0 saturated carbocycles. The van der Waals surface area contributed by atoms with Crippen molar-refractivity contribution in [1.82, 2.24) is 0 Å². The van der Waals surface area contributed by atoms with E-state index in [1.54, 1.807) is 48.5 Å². The van der Waals surface area contributed by atoms with Crippen LogP contribution in [0.15, 0.2) is 48.5 Å². The molecule has 0 saturated heterocycles. The summed E-state index contributed by atoms with van der Waals surface area (Å²) in [5.74, 6) is 1.91. The number of unbranched alkanes of at least 4 members (excludes halogenated alkanes) is 2. The number of ether oxygens (including phenoxy) is 3. The van der Waals surface area contributed by atoms with Crippen LogP contribution in [0.3, 0.4) is 0 Å². The molecule has 0 radical (unpaired) electrons. The van der Waals surface area contributed by atoms with Gasteiger partial charge in [0.05, 0.1) is 24.7 Å². The fourth-order valence-corrected chi connectivity index (χ4v) is 3.63. The number of benzene rings is 2. The first-order valence-corrected chi connectivity index (χ1v) is 12.9. The molecule has 2 N–H and O–H groups in total. The summed E-state index contributed by atoms with van der Waals surface area (Å²) in [5, 5.41) is 0. The molecule has 2 rings (SSSR count). The second kappa shape index (κ2) is 11.9. The molecule has 0 aliphatic carbocycles. The Kier molecular flexibility index (Phi) is 9.56. The quantitative estimate of drug-likeness (QED) is 0.311. The van der Waals surface area contributed by atoms with E-state index in [0.717, 1.165) is 0 Å². The van der Waals surface area contributed by atoms with Gasteiger partial charge in [0, 0.05) is 0 Å². The van der Waals surface area contributed by atoms with Gasteiger partial charge in [0.2, 0.25) is 0 Å². The van der Waals surface area contributed by atoms with E-state index in [9.17, 15) is 16.8 Å². The van der Waals surface area contributed by atoms with Gasteiger partial charge in [-0.3, -0.25) is 9.11 Å². The van der Waals surface area contributed by atoms with Gasteiger partial charge in [0.25, 0.3) is 20.2 Å². The van der Waals surface area contributed by atoms with Gasteiger partial charge >= 0.3 is 0 Å². The highest BCUT2D eigenvalue weighted by molar-refractivity contribution is 7.86. The topological polar surface area (TPSA) is 136 Å². The fourth-order valence-electron chi connectivity index (χ4n) is 2.50. The third kappa shape index (κ3) is 11.6. The zero-order valence-corrected chi connectivity index (χ0v) is 18.5. The van der Waals surface area contributed by atoms with Crippen LogP contribution < -0.4 is 14.2 Å². The summed E-state index contributed by atoms with van der Waals surface area (Å²) in [6.45, 7) is 0.681. The van der Waals surface area contributed by atoms with Gasteiger partial charge in [-0.05, 0) is 74.2 Å². The Morgan fingerprint density at radius 3 is 1.19 bits per heavy atom. The molecule has 0 amide bonds. The van der Waals surface area contributed by atoms with Crippen molar-refractivity contribution >= 4 is 20.2 Å². The lowest BCUT2D eigenvalue weighted by Gasteiger charge is -2.10. The van der Waals surface area contributed by atoms with Crippen LogP contribution in [0.1, 0.15) is 25.7 Å². The van der Waals surface area contributed by atoms with E-state index in [-0.39, 0.29) is 11.5 Å². The Bertz CT molecular complexity index is 916. The van der Waals surface area contributed by atoms with Crippen molar-refractivity contribution < 1.29 is 40.2 Å². The zero-order chi connectivity index (χ0) is 22.7. The van der Waals surface area contributed by atoms with Crippen LogP contribution in [0.4, 0.5) is 0 Å². The lowest BCUT2D eigenvalue weighted by molar-refractivity contribution is 0.308. The molecule has 31 heavy (non-hydrogen) atoms. The van der Waals surface area contributed by atoms with Crippen molar-refractivity contribution in [2.45, 2.75) is 25.7 Å². The van der Waals surface area contributed by atoms with Crippen LogP contribution in [0.5, 0.6) is 23.0 Å². The highest BCUT2D eigenvalue weighted by atomic mass is 32.2. The molecule has 2 aromatic rings. The molecule has 0 heterocycles. The lowest BCUT2D eigenvalue weighted by Crippen LogP contribution is -2.06. The molecule has 0 fully saturated rings. The van der Waals surface area contributed by atoms with Gasteiger partial charge < -0.3 is 14.2 Å². The Morgan fingerprint density at radius 1 is 0.548 bits per heavy atom. The maximum Gasteiger partial charge on any atom is 0.264 e. The van der Waals surface area contributed by atoms with Gasteiger partial charge in [0.1, 0.15) is 23.0 Å². The molecule has 9 nitrogen and oxygen atoms in total. The average molecular weight is 475 g/mol. The van der Waals surface area contributed by atoms with Crippen LogP contribution >= 0.6 is 0 Å². The molecule has 0 aromatic heterocycles. The molecule has 2 aromatic carbocycles. The highest BCUT2D eigenvalue weighted by Gasteiger charge is 2.05. The lowest BCUT2D eigenvalue weighted by atomic mass is 10.3. The van der Waals surface area contributed by atoms with Gasteiger partial charge in [-0.25, -0.2) is 0 Å². The van der Waals surface area contributed by atoms with E-state index < -0.39 is 20.2 Å². The monoisotopic (exact) mass is 474 g/mol. The molecular weight excluding hydrogens is 448 g/mol. The Morgan fingerprint density at radius 2 is 0.871 bits per heavy atom. The Hall–Kier alpha value is -2.34. The minimum absolute atomic E-state index is 0.277. The maximum absolute atomic E-state index is 10.6. The van der Waals surface area contributed by atoms with Crippen molar-refractivity contribution in [3.63, 3.8) is 0 Å². The van der Waals surface area contributed by atoms with Gasteiger partial charge in [-0.15, -0.1) is 0 Å². The van der Waals surface area contributed by atoms with E-state index >= 15 is 0 Å². The molecule has 0 aliphatic heterocycles. The summed E-state index contributed by atoms with van der Waals surface area (Å²) >= 11 is 0. The summed E-state index contributed by atoms with van der Waals surface area (Å²) in [4.78, 5) is 0. The van der Waals surface area contributed by atoms with Crippen molar-refractivity contribution in [2.24, 2.45) is 0 Å². The minimum Gasteiger partial charge on any atom is -0.494 e. The normalized spacial score (nSPS) is 11.8. The summed E-state index contributed by atoms with van der Waals surface area (Å²) in [6.07, 6.45) is 1.66. The van der Waals surface area contributed by atoms with E-state index in [1.165, 1.54) is 0 Å². The Balaban J connectivity index is 1.70. The first-order chi connectivity index (χ1) is 14.6. The second-order valence-corrected chi connectivity index (χ2v) is 9.87. The fraction of sp³-hybridized carbons (Fsp3) is 0.400. The van der Waals surface area contributed by atoms with Crippen molar-refractivity contribution in [3.8, 4) is 23.0 Å². The molecule has 11 heteroatoms. The van der Waals surface area contributed by atoms with E-state index in [2.05, 4.69) is 0 Å². The van der Waals surface area contributed by atoms with Gasteiger partial charge in [-0.1, -0.05) is 0 Å². The molecule has 0 atom stereocenters. The number of hydrogen-bond acceptors (Lipinski definition) is 7. The third-order valence-electron chi connectivity index (χ3n) is 4.01. The van der Waals surface area contributed by atoms with Crippen LogP contribution in [0.2, 0.25) is 0 Å². The summed E-state index contributed by atoms with van der Waals surface area (Å²) in [6, 6.07) is 13.9. The highest BCUT2D eigenvalue weighted by Crippen LogP contribution is 2.25. The summed E-state index contributed by atoms with van der Waals surface area (Å²) in [5.41, 5.74) is 0. The molecule has 0 aliphatic rings. The van der Waals surface area contributed by atoms with Crippen LogP contribution in [-0.4, -0.2) is 50.7 Å². The smallest absolute Gasteiger partial charge is 0.264 e. The van der Waals surface area contributed by atoms with Crippen molar-refractivity contribution in [2.75, 3.05) is 24.7 Å². The molecule has 0 bridgehead atoms. The Labute approximate surface area is 182 Å². The zero-order valence-electron chi connectivity index (χ0n) is 16.8. The van der Waals surface area contributed by atoms with Gasteiger partial charge in [0.15, 0.2) is 0 Å². The number of rotatable bonds is 14. The largest absolute Gasteiger partial charge is 0.494 e. The molecule has 172 valence electrons. The van der Waals surface area contributed by atoms with Crippen LogP contribution in [0, 0.1) is 0 Å². The van der Waals surface area contributed by atoms with Crippen molar-refractivity contribution in [3.05, 3.63) is 48.5 Å². The minimum atomic E-state index is -3.93. The van der Waals surface area contributed by atoms with E-state index in [1.807, 2.05) is 0 Å². The van der Waals surface area contributed by atoms with Crippen LogP contribution in [0.25, 0.3) is 0 Å². The predicted octanol–water partition coefficient (Wildman–Crippen LogP) is 3.57. The van der Waals surface area contributed by atoms with E-state index in [0.29, 0.717) is 61.9 Å². The maximum atomic E-state index is 10.6. The summed E-state index contributed by atoms with van der Waals surface area (Å²) < 4.78 is 76.7. The molecule has 0 unspecified atom stereocenters. The van der Waals surface area contributed by atoms with E-state index in [4.69, 9.17) is 23.3 Å². The first kappa shape index (κ1) is 24.9. The standard InChI is InChI=1S/C20H26O9S2/c21-30(22,23)15-3-1-13-27-17-5-9-19(10-6-17)29-20-11-7-18(8-12-20)28-14-2-4-16-31(24,25)26/h5-12H,1-4,13-16H2,(H,21,22,23)(H,24,25,26). The van der Waals surface area contributed by atoms with Crippen LogP contribution in [-0.2, 0) is 20.2 Å². The average Bonchev–Trinajstić information content (AvgIpc) is 2.68. The molecular formula is C20H26O9S2. The summed E-state index contributed by atoms with van der Waals surface area (Å²) in [7, 11) is -7.86. The first-order valence-electron chi connectivity index (χ1n) is 9.65.